The Hall–Kier alpha value is -2.71. The molecule has 1 aliphatic heterocycles. The summed E-state index contributed by atoms with van der Waals surface area (Å²) in [4.78, 5) is 18.8. The topological polar surface area (TPSA) is 79.9 Å². The minimum Gasteiger partial charge on any atom is -0.418 e. The predicted molar refractivity (Wildman–Crippen MR) is 108 cm³/mol. The Morgan fingerprint density at radius 2 is 2.00 bits per heavy atom. The maximum Gasteiger partial charge on any atom is 0.326 e. The molecule has 4 heterocycles. The lowest BCUT2D eigenvalue weighted by atomic mass is 10.0. The van der Waals surface area contributed by atoms with E-state index in [2.05, 4.69) is 27.0 Å². The molecule has 8 heteroatoms. The summed E-state index contributed by atoms with van der Waals surface area (Å²) >= 11 is 1.59. The molecule has 0 spiro atoms. The minimum absolute atomic E-state index is 0.0230. The van der Waals surface area contributed by atoms with E-state index in [1.54, 1.807) is 11.3 Å². The first kappa shape index (κ1) is 17.4. The van der Waals surface area contributed by atoms with Gasteiger partial charge in [-0.15, -0.1) is 21.5 Å². The van der Waals surface area contributed by atoms with Crippen molar-refractivity contribution in [2.45, 2.75) is 31.8 Å². The zero-order valence-electron chi connectivity index (χ0n) is 15.5. The molecule has 0 unspecified atom stereocenters. The maximum atomic E-state index is 12.5. The molecule has 1 aromatic carbocycles. The first-order valence-electron chi connectivity index (χ1n) is 9.51. The molecule has 0 radical (unpaired) electrons. The van der Waals surface area contributed by atoms with Gasteiger partial charge in [-0.1, -0.05) is 18.2 Å². The van der Waals surface area contributed by atoms with E-state index in [0.717, 1.165) is 41.8 Å². The maximum absolute atomic E-state index is 12.5. The number of nitrogens with one attached hydrogen (secondary N) is 1. The van der Waals surface area contributed by atoms with Gasteiger partial charge >= 0.3 is 5.69 Å². The number of likely N-dealkylation sites (tertiary alicyclic amines) is 1. The molecule has 1 N–H and O–H groups in total. The average molecular weight is 395 g/mol. The number of benzene rings is 1. The Bertz CT molecular complexity index is 1130. The lowest BCUT2D eigenvalue weighted by Gasteiger charge is -2.35. The third kappa shape index (κ3) is 2.98. The summed E-state index contributed by atoms with van der Waals surface area (Å²) in [7, 11) is 0. The number of hydrogen-bond acceptors (Lipinski definition) is 6. The van der Waals surface area contributed by atoms with Gasteiger partial charge in [0.05, 0.1) is 22.0 Å². The molecule has 0 amide bonds. The third-order valence-corrected chi connectivity index (χ3v) is 6.42. The van der Waals surface area contributed by atoms with Crippen LogP contribution in [0.4, 0.5) is 0 Å². The normalized spacial score (nSPS) is 17.3. The average Bonchev–Trinajstić information content (AvgIpc) is 3.46. The van der Waals surface area contributed by atoms with Gasteiger partial charge in [-0.3, -0.25) is 9.47 Å². The smallest absolute Gasteiger partial charge is 0.326 e. The van der Waals surface area contributed by atoms with Crippen LogP contribution in [0, 0.1) is 0 Å². The quantitative estimate of drug-likeness (QED) is 0.568. The second kappa shape index (κ2) is 7.03. The van der Waals surface area contributed by atoms with Crippen LogP contribution in [0.15, 0.2) is 51.0 Å². The number of hydrogen-bond donors (Lipinski definition) is 1. The van der Waals surface area contributed by atoms with E-state index in [1.807, 2.05) is 46.3 Å². The molecule has 3 aromatic heterocycles. The fourth-order valence-electron chi connectivity index (χ4n) is 4.03. The summed E-state index contributed by atoms with van der Waals surface area (Å²) < 4.78 is 7.82. The largest absolute Gasteiger partial charge is 0.418 e. The second-order valence-electron chi connectivity index (χ2n) is 7.18. The van der Waals surface area contributed by atoms with Crippen molar-refractivity contribution in [2.75, 3.05) is 13.1 Å². The van der Waals surface area contributed by atoms with Crippen LogP contribution in [0.2, 0.25) is 0 Å². The highest BCUT2D eigenvalue weighted by Gasteiger charge is 2.29. The summed E-state index contributed by atoms with van der Waals surface area (Å²) in [6.07, 6.45) is 1.83. The van der Waals surface area contributed by atoms with Crippen LogP contribution in [0.5, 0.6) is 0 Å². The molecule has 5 rings (SSSR count). The van der Waals surface area contributed by atoms with Gasteiger partial charge in [0.15, 0.2) is 0 Å². The Balaban J connectivity index is 1.30. The molecule has 144 valence electrons. The number of thiophene rings is 1. The van der Waals surface area contributed by atoms with E-state index in [9.17, 15) is 4.79 Å². The van der Waals surface area contributed by atoms with E-state index in [4.69, 9.17) is 4.42 Å². The van der Waals surface area contributed by atoms with E-state index in [0.29, 0.717) is 11.8 Å². The van der Waals surface area contributed by atoms with Crippen LogP contribution in [0.25, 0.3) is 21.8 Å². The SMILES string of the molecule is C[C@H](c1nnc(-c2cccs2)o1)N1CCC(n2c(=O)[nH]c3ccccc32)CC1. The van der Waals surface area contributed by atoms with Crippen molar-refractivity contribution in [3.8, 4) is 10.8 Å². The van der Waals surface area contributed by atoms with E-state index in [-0.39, 0.29) is 17.8 Å². The summed E-state index contributed by atoms with van der Waals surface area (Å²) in [5.74, 6) is 1.23. The lowest BCUT2D eigenvalue weighted by Crippen LogP contribution is -2.38. The lowest BCUT2D eigenvalue weighted by molar-refractivity contribution is 0.127. The Morgan fingerprint density at radius 3 is 2.79 bits per heavy atom. The number of para-hydroxylation sites is 2. The van der Waals surface area contributed by atoms with Gasteiger partial charge in [-0.25, -0.2) is 4.79 Å². The summed E-state index contributed by atoms with van der Waals surface area (Å²) in [6, 6.07) is 12.1. The summed E-state index contributed by atoms with van der Waals surface area (Å²) in [5, 5.41) is 10.5. The van der Waals surface area contributed by atoms with Gasteiger partial charge in [0.2, 0.25) is 5.89 Å². The number of rotatable bonds is 4. The minimum atomic E-state index is -0.0230. The van der Waals surface area contributed by atoms with Crippen molar-refractivity contribution in [3.05, 3.63) is 58.2 Å². The van der Waals surface area contributed by atoms with Gasteiger partial charge < -0.3 is 9.40 Å². The number of piperidine rings is 1. The zero-order valence-corrected chi connectivity index (χ0v) is 16.4. The molecular weight excluding hydrogens is 374 g/mol. The zero-order chi connectivity index (χ0) is 19.1. The molecule has 1 fully saturated rings. The Labute approximate surface area is 165 Å². The van der Waals surface area contributed by atoms with Crippen LogP contribution in [0.3, 0.4) is 0 Å². The van der Waals surface area contributed by atoms with Gasteiger partial charge in [0, 0.05) is 19.1 Å². The molecule has 0 bridgehead atoms. The van der Waals surface area contributed by atoms with Crippen LogP contribution < -0.4 is 5.69 Å². The van der Waals surface area contributed by atoms with Crippen molar-refractivity contribution >= 4 is 22.4 Å². The van der Waals surface area contributed by atoms with E-state index in [1.165, 1.54) is 0 Å². The number of aromatic amines is 1. The molecule has 7 nitrogen and oxygen atoms in total. The van der Waals surface area contributed by atoms with Gasteiger partial charge in [0.1, 0.15) is 0 Å². The number of aromatic nitrogens is 4. The third-order valence-electron chi connectivity index (χ3n) is 5.57. The molecule has 28 heavy (non-hydrogen) atoms. The fourth-order valence-corrected chi connectivity index (χ4v) is 4.67. The van der Waals surface area contributed by atoms with Crippen molar-refractivity contribution in [1.82, 2.24) is 24.6 Å². The first-order chi connectivity index (χ1) is 13.7. The van der Waals surface area contributed by atoms with Crippen LogP contribution in [-0.4, -0.2) is 37.7 Å². The number of imidazole rings is 1. The van der Waals surface area contributed by atoms with E-state index < -0.39 is 0 Å². The van der Waals surface area contributed by atoms with Crippen LogP contribution in [0.1, 0.15) is 37.7 Å². The van der Waals surface area contributed by atoms with Crippen LogP contribution >= 0.6 is 11.3 Å². The molecule has 1 atom stereocenters. The van der Waals surface area contributed by atoms with Crippen molar-refractivity contribution in [1.29, 1.82) is 0 Å². The monoisotopic (exact) mass is 395 g/mol. The summed E-state index contributed by atoms with van der Waals surface area (Å²) in [6.45, 7) is 3.87. The van der Waals surface area contributed by atoms with Gasteiger partial charge in [-0.05, 0) is 43.3 Å². The van der Waals surface area contributed by atoms with Gasteiger partial charge in [-0.2, -0.15) is 0 Å². The highest BCUT2D eigenvalue weighted by Crippen LogP contribution is 2.31. The number of fused-ring (bicyclic) bond motifs is 1. The molecule has 0 aliphatic carbocycles. The molecule has 1 saturated heterocycles. The second-order valence-corrected chi connectivity index (χ2v) is 8.13. The van der Waals surface area contributed by atoms with Crippen LogP contribution in [-0.2, 0) is 0 Å². The molecule has 1 aliphatic rings. The summed E-state index contributed by atoms with van der Waals surface area (Å²) in [5.41, 5.74) is 1.86. The number of H-pyrrole nitrogens is 1. The highest BCUT2D eigenvalue weighted by molar-refractivity contribution is 7.13. The number of nitrogens with zero attached hydrogens (tertiary/aromatic N) is 4. The van der Waals surface area contributed by atoms with Crippen molar-refractivity contribution in [2.24, 2.45) is 0 Å². The van der Waals surface area contributed by atoms with Crippen molar-refractivity contribution in [3.63, 3.8) is 0 Å². The Kier molecular flexibility index (Phi) is 4.37. The highest BCUT2D eigenvalue weighted by atomic mass is 32.1. The molecule has 0 saturated carbocycles. The van der Waals surface area contributed by atoms with Crippen molar-refractivity contribution < 1.29 is 4.42 Å². The van der Waals surface area contributed by atoms with E-state index >= 15 is 0 Å². The standard InChI is InChI=1S/C20H21N5O2S/c1-13(18-22-23-19(27-18)17-7-4-12-28-17)24-10-8-14(9-11-24)25-16-6-3-2-5-15(16)21-20(25)26/h2-7,12-14H,8-11H2,1H3,(H,21,26)/t13-/m1/s1. The Morgan fingerprint density at radius 1 is 1.18 bits per heavy atom. The molecular formula is C20H21N5O2S. The predicted octanol–water partition coefficient (Wildman–Crippen LogP) is 3.84. The fraction of sp³-hybridized carbons (Fsp3) is 0.350. The van der Waals surface area contributed by atoms with Gasteiger partial charge in [0.25, 0.3) is 5.89 Å². The molecule has 4 aromatic rings. The first-order valence-corrected chi connectivity index (χ1v) is 10.4.